The topological polar surface area (TPSA) is 54.2 Å². The van der Waals surface area contributed by atoms with Gasteiger partial charge in [0.1, 0.15) is 5.82 Å². The van der Waals surface area contributed by atoms with Crippen LogP contribution in [0, 0.1) is 0 Å². The van der Waals surface area contributed by atoms with Crippen molar-refractivity contribution in [2.24, 2.45) is 0 Å². The minimum absolute atomic E-state index is 0.706. The molecule has 0 aliphatic heterocycles. The number of hydrogen-bond donors (Lipinski definition) is 2. The van der Waals surface area contributed by atoms with Crippen LogP contribution >= 0.6 is 0 Å². The van der Waals surface area contributed by atoms with E-state index in [1.165, 1.54) is 0 Å². The maximum absolute atomic E-state index is 5.56. The standard InChI is InChI=1S/C10H18N4/c1-12-6-3-7-14(2)10-5-4-9(11)8-13-10/h4-5,8,12H,3,6-7,11H2,1-2H3. The number of pyridine rings is 1. The molecule has 1 heterocycles. The van der Waals surface area contributed by atoms with Gasteiger partial charge in [0.05, 0.1) is 11.9 Å². The average Bonchev–Trinajstić information content (AvgIpc) is 2.19. The number of aromatic nitrogens is 1. The van der Waals surface area contributed by atoms with E-state index in [1.807, 2.05) is 26.2 Å². The molecule has 0 atom stereocenters. The quantitative estimate of drug-likeness (QED) is 0.678. The van der Waals surface area contributed by atoms with E-state index in [0.717, 1.165) is 25.3 Å². The lowest BCUT2D eigenvalue weighted by Crippen LogP contribution is -2.22. The molecule has 0 radical (unpaired) electrons. The van der Waals surface area contributed by atoms with Crippen LogP contribution in [0.5, 0.6) is 0 Å². The maximum Gasteiger partial charge on any atom is 0.128 e. The Kier molecular flexibility index (Phi) is 4.19. The lowest BCUT2D eigenvalue weighted by molar-refractivity contribution is 0.709. The SMILES string of the molecule is CNCCCN(C)c1ccc(N)cn1. The van der Waals surface area contributed by atoms with Crippen LogP contribution in [0.15, 0.2) is 18.3 Å². The van der Waals surface area contributed by atoms with Gasteiger partial charge in [-0.1, -0.05) is 0 Å². The second-order valence-electron chi connectivity index (χ2n) is 3.33. The predicted octanol–water partition coefficient (Wildman–Crippen LogP) is 0.709. The van der Waals surface area contributed by atoms with Crippen LogP contribution < -0.4 is 16.0 Å². The summed E-state index contributed by atoms with van der Waals surface area (Å²) in [6.07, 6.45) is 2.79. The molecular formula is C10H18N4. The molecule has 0 bridgehead atoms. The van der Waals surface area contributed by atoms with Gasteiger partial charge in [0, 0.05) is 13.6 Å². The molecule has 14 heavy (non-hydrogen) atoms. The van der Waals surface area contributed by atoms with Crippen LogP contribution in [0.3, 0.4) is 0 Å². The Labute approximate surface area is 85.1 Å². The molecular weight excluding hydrogens is 176 g/mol. The normalized spacial score (nSPS) is 10.1. The smallest absolute Gasteiger partial charge is 0.128 e. The third kappa shape index (κ3) is 3.22. The molecule has 3 N–H and O–H groups in total. The van der Waals surface area contributed by atoms with Crippen LogP contribution in [0.25, 0.3) is 0 Å². The monoisotopic (exact) mass is 194 g/mol. The molecule has 0 aliphatic carbocycles. The summed E-state index contributed by atoms with van der Waals surface area (Å²) < 4.78 is 0. The summed E-state index contributed by atoms with van der Waals surface area (Å²) in [6, 6.07) is 3.81. The van der Waals surface area contributed by atoms with Crippen LogP contribution in [0.1, 0.15) is 6.42 Å². The van der Waals surface area contributed by atoms with Gasteiger partial charge in [-0.3, -0.25) is 0 Å². The Morgan fingerprint density at radius 2 is 2.29 bits per heavy atom. The Balaban J connectivity index is 2.43. The number of nitrogens with zero attached hydrogens (tertiary/aromatic N) is 2. The first kappa shape index (κ1) is 10.8. The molecule has 0 saturated carbocycles. The highest BCUT2D eigenvalue weighted by Gasteiger charge is 2.00. The summed E-state index contributed by atoms with van der Waals surface area (Å²) >= 11 is 0. The third-order valence-electron chi connectivity index (χ3n) is 2.08. The molecule has 0 unspecified atom stereocenters. The molecule has 1 aromatic rings. The Morgan fingerprint density at radius 3 is 2.86 bits per heavy atom. The van der Waals surface area contributed by atoms with Crippen LogP contribution in [0.2, 0.25) is 0 Å². The number of nitrogens with two attached hydrogens (primary N) is 1. The van der Waals surface area contributed by atoms with Gasteiger partial charge in [0.15, 0.2) is 0 Å². The van der Waals surface area contributed by atoms with Gasteiger partial charge in [-0.25, -0.2) is 4.98 Å². The zero-order chi connectivity index (χ0) is 10.4. The van der Waals surface area contributed by atoms with Crippen molar-refractivity contribution >= 4 is 11.5 Å². The molecule has 0 spiro atoms. The van der Waals surface area contributed by atoms with Gasteiger partial charge in [-0.2, -0.15) is 0 Å². The van der Waals surface area contributed by atoms with Gasteiger partial charge >= 0.3 is 0 Å². The molecule has 0 aromatic carbocycles. The first-order chi connectivity index (χ1) is 6.74. The summed E-state index contributed by atoms with van der Waals surface area (Å²) in [5.74, 6) is 0.968. The van der Waals surface area contributed by atoms with Crippen molar-refractivity contribution in [3.05, 3.63) is 18.3 Å². The molecule has 78 valence electrons. The highest BCUT2D eigenvalue weighted by molar-refractivity contribution is 5.45. The molecule has 0 aliphatic rings. The van der Waals surface area contributed by atoms with Gasteiger partial charge in [-0.15, -0.1) is 0 Å². The zero-order valence-corrected chi connectivity index (χ0v) is 8.83. The van der Waals surface area contributed by atoms with E-state index in [4.69, 9.17) is 5.73 Å². The number of rotatable bonds is 5. The Bertz CT molecular complexity index is 257. The first-order valence-corrected chi connectivity index (χ1v) is 4.81. The maximum atomic E-state index is 5.56. The highest BCUT2D eigenvalue weighted by Crippen LogP contribution is 2.10. The summed E-state index contributed by atoms with van der Waals surface area (Å²) in [4.78, 5) is 6.36. The molecule has 0 amide bonds. The molecule has 4 nitrogen and oxygen atoms in total. The summed E-state index contributed by atoms with van der Waals surface area (Å²) in [6.45, 7) is 2.02. The largest absolute Gasteiger partial charge is 0.397 e. The van der Waals surface area contributed by atoms with Gasteiger partial charge in [-0.05, 0) is 32.1 Å². The second kappa shape index (κ2) is 5.44. The first-order valence-electron chi connectivity index (χ1n) is 4.81. The fourth-order valence-electron chi connectivity index (χ4n) is 1.23. The Morgan fingerprint density at radius 1 is 1.50 bits per heavy atom. The van der Waals surface area contributed by atoms with Crippen LogP contribution in [-0.2, 0) is 0 Å². The fraction of sp³-hybridized carbons (Fsp3) is 0.500. The summed E-state index contributed by atoms with van der Waals surface area (Å²) in [5.41, 5.74) is 6.26. The predicted molar refractivity (Wildman–Crippen MR) is 60.5 cm³/mol. The van der Waals surface area contributed by atoms with Crippen LogP contribution in [-0.4, -0.2) is 32.2 Å². The molecule has 4 heteroatoms. The van der Waals surface area contributed by atoms with Gasteiger partial charge in [0.25, 0.3) is 0 Å². The van der Waals surface area contributed by atoms with Gasteiger partial charge < -0.3 is 16.0 Å². The molecule has 1 rings (SSSR count). The van der Waals surface area contributed by atoms with E-state index in [0.29, 0.717) is 5.69 Å². The van der Waals surface area contributed by atoms with E-state index >= 15 is 0 Å². The van der Waals surface area contributed by atoms with Crippen molar-refractivity contribution in [3.63, 3.8) is 0 Å². The second-order valence-corrected chi connectivity index (χ2v) is 3.33. The summed E-state index contributed by atoms with van der Waals surface area (Å²) in [5, 5.41) is 3.12. The Hall–Kier alpha value is -1.29. The van der Waals surface area contributed by atoms with Crippen molar-refractivity contribution in [1.82, 2.24) is 10.3 Å². The van der Waals surface area contributed by atoms with Crippen molar-refractivity contribution in [1.29, 1.82) is 0 Å². The average molecular weight is 194 g/mol. The molecule has 0 fully saturated rings. The van der Waals surface area contributed by atoms with Crippen molar-refractivity contribution in [2.75, 3.05) is 37.8 Å². The number of nitrogens with one attached hydrogen (secondary N) is 1. The molecule has 1 aromatic heterocycles. The van der Waals surface area contributed by atoms with E-state index < -0.39 is 0 Å². The zero-order valence-electron chi connectivity index (χ0n) is 8.83. The van der Waals surface area contributed by atoms with E-state index in [1.54, 1.807) is 6.20 Å². The third-order valence-corrected chi connectivity index (χ3v) is 2.08. The van der Waals surface area contributed by atoms with Crippen molar-refractivity contribution in [2.45, 2.75) is 6.42 Å². The van der Waals surface area contributed by atoms with E-state index in [-0.39, 0.29) is 0 Å². The number of anilines is 2. The van der Waals surface area contributed by atoms with Crippen molar-refractivity contribution in [3.8, 4) is 0 Å². The fourth-order valence-corrected chi connectivity index (χ4v) is 1.23. The highest BCUT2D eigenvalue weighted by atomic mass is 15.2. The van der Waals surface area contributed by atoms with Crippen LogP contribution in [0.4, 0.5) is 11.5 Å². The van der Waals surface area contributed by atoms with E-state index in [2.05, 4.69) is 15.2 Å². The number of hydrogen-bond acceptors (Lipinski definition) is 4. The van der Waals surface area contributed by atoms with Gasteiger partial charge in [0.2, 0.25) is 0 Å². The lowest BCUT2D eigenvalue weighted by atomic mass is 10.3. The van der Waals surface area contributed by atoms with Crippen molar-refractivity contribution < 1.29 is 0 Å². The minimum Gasteiger partial charge on any atom is -0.397 e. The molecule has 0 saturated heterocycles. The lowest BCUT2D eigenvalue weighted by Gasteiger charge is -2.17. The van der Waals surface area contributed by atoms with E-state index in [9.17, 15) is 0 Å². The summed E-state index contributed by atoms with van der Waals surface area (Å²) in [7, 11) is 4.00. The minimum atomic E-state index is 0.706. The number of nitrogen functional groups attached to an aromatic ring is 1.